The van der Waals surface area contributed by atoms with Gasteiger partial charge in [-0.15, -0.1) is 0 Å². The van der Waals surface area contributed by atoms with Gasteiger partial charge in [0, 0.05) is 30.4 Å². The van der Waals surface area contributed by atoms with Gasteiger partial charge < -0.3 is 14.2 Å². The van der Waals surface area contributed by atoms with Crippen molar-refractivity contribution in [2.75, 3.05) is 6.54 Å². The van der Waals surface area contributed by atoms with E-state index in [0.717, 1.165) is 26.8 Å². The van der Waals surface area contributed by atoms with Crippen LogP contribution in [0.25, 0.3) is 11.0 Å². The molecule has 0 saturated carbocycles. The highest BCUT2D eigenvalue weighted by Crippen LogP contribution is 2.34. The minimum Gasteiger partial charge on any atom is -0.488 e. The Hall–Kier alpha value is -2.34. The van der Waals surface area contributed by atoms with Crippen LogP contribution in [0, 0.1) is 5.92 Å². The number of fused-ring (bicyclic) bond motifs is 1. The summed E-state index contributed by atoms with van der Waals surface area (Å²) in [6.07, 6.45) is 2.22. The maximum Gasteiger partial charge on any atom is 0.223 e. The number of likely N-dealkylation sites (tertiary alicyclic amines) is 1. The lowest BCUT2D eigenvalue weighted by molar-refractivity contribution is -0.129. The molecule has 0 radical (unpaired) electrons. The normalized spacial score (nSPS) is 19.2. The summed E-state index contributed by atoms with van der Waals surface area (Å²) in [7, 11) is 1.96. The predicted octanol–water partition coefficient (Wildman–Crippen LogP) is 4.71. The van der Waals surface area contributed by atoms with Crippen LogP contribution >= 0.6 is 15.9 Å². The quantitative estimate of drug-likeness (QED) is 0.575. The zero-order valence-corrected chi connectivity index (χ0v) is 17.9. The van der Waals surface area contributed by atoms with Crippen LogP contribution in [-0.2, 0) is 11.8 Å². The fourth-order valence-electron chi connectivity index (χ4n) is 3.97. The molecule has 146 valence electrons. The fraction of sp³-hybridized carbons (Fsp3) is 0.364. The van der Waals surface area contributed by atoms with Crippen molar-refractivity contribution in [1.29, 1.82) is 0 Å². The van der Waals surface area contributed by atoms with Crippen molar-refractivity contribution in [3.8, 4) is 5.75 Å². The van der Waals surface area contributed by atoms with Gasteiger partial charge in [-0.1, -0.05) is 46.3 Å². The minimum atomic E-state index is -0.0793. The van der Waals surface area contributed by atoms with E-state index in [9.17, 15) is 4.79 Å². The monoisotopic (exact) mass is 441 g/mol. The SMILES string of the molecule is CC(Oc1cc(Br)cc2ncn(C)c12)C1CC(=O)N(C(C)c2ccccc2)C1. The Morgan fingerprint density at radius 1 is 1.21 bits per heavy atom. The molecule has 0 N–H and O–H groups in total. The molecule has 1 amide bonds. The van der Waals surface area contributed by atoms with Crippen LogP contribution in [-0.4, -0.2) is 33.0 Å². The fourth-order valence-corrected chi connectivity index (χ4v) is 4.39. The predicted molar refractivity (Wildman–Crippen MR) is 113 cm³/mol. The van der Waals surface area contributed by atoms with Crippen LogP contribution in [0.2, 0.25) is 0 Å². The zero-order valence-electron chi connectivity index (χ0n) is 16.3. The van der Waals surface area contributed by atoms with E-state index >= 15 is 0 Å². The molecule has 1 aromatic heterocycles. The molecule has 0 aliphatic carbocycles. The molecule has 1 fully saturated rings. The molecule has 28 heavy (non-hydrogen) atoms. The summed E-state index contributed by atoms with van der Waals surface area (Å²) in [5.74, 6) is 1.14. The number of rotatable bonds is 5. The third kappa shape index (κ3) is 3.53. The van der Waals surface area contributed by atoms with Gasteiger partial charge in [0.1, 0.15) is 17.4 Å². The Balaban J connectivity index is 1.51. The average molecular weight is 442 g/mol. The Bertz CT molecular complexity index is 1000. The molecule has 1 aliphatic rings. The third-order valence-electron chi connectivity index (χ3n) is 5.66. The Kier molecular flexibility index (Phi) is 5.15. The number of hydrogen-bond acceptors (Lipinski definition) is 3. The molecule has 4 rings (SSSR count). The minimum absolute atomic E-state index is 0.0700. The Morgan fingerprint density at radius 3 is 2.71 bits per heavy atom. The second-order valence-corrected chi connectivity index (χ2v) is 8.46. The van der Waals surface area contributed by atoms with Crippen LogP contribution in [0.1, 0.15) is 31.9 Å². The van der Waals surface area contributed by atoms with Crippen LogP contribution in [0.5, 0.6) is 5.75 Å². The molecular formula is C22H24BrN3O2. The second-order valence-electron chi connectivity index (χ2n) is 7.55. The first-order chi connectivity index (χ1) is 13.4. The van der Waals surface area contributed by atoms with Gasteiger partial charge in [0.2, 0.25) is 5.91 Å². The van der Waals surface area contributed by atoms with Crippen molar-refractivity contribution in [2.24, 2.45) is 13.0 Å². The number of carbonyl (C=O) groups is 1. The summed E-state index contributed by atoms with van der Waals surface area (Å²) in [5, 5.41) is 0. The maximum atomic E-state index is 12.7. The van der Waals surface area contributed by atoms with Crippen LogP contribution < -0.4 is 4.74 Å². The molecule has 2 heterocycles. The van der Waals surface area contributed by atoms with E-state index in [-0.39, 0.29) is 24.0 Å². The molecule has 3 unspecified atom stereocenters. The Labute approximate surface area is 173 Å². The number of imidazole rings is 1. The molecule has 2 aromatic carbocycles. The van der Waals surface area contributed by atoms with Crippen molar-refractivity contribution in [3.05, 3.63) is 58.8 Å². The largest absolute Gasteiger partial charge is 0.488 e. The molecular weight excluding hydrogens is 418 g/mol. The number of ether oxygens (including phenoxy) is 1. The summed E-state index contributed by atoms with van der Waals surface area (Å²) >= 11 is 3.54. The summed E-state index contributed by atoms with van der Waals surface area (Å²) < 4.78 is 9.24. The van der Waals surface area contributed by atoms with Gasteiger partial charge in [0.15, 0.2) is 0 Å². The third-order valence-corrected chi connectivity index (χ3v) is 6.11. The smallest absolute Gasteiger partial charge is 0.223 e. The van der Waals surface area contributed by atoms with Crippen LogP contribution in [0.4, 0.5) is 0 Å². The van der Waals surface area contributed by atoms with E-state index in [1.54, 1.807) is 6.33 Å². The summed E-state index contributed by atoms with van der Waals surface area (Å²) in [4.78, 5) is 19.1. The van der Waals surface area contributed by atoms with Gasteiger partial charge in [-0.25, -0.2) is 4.98 Å². The van der Waals surface area contributed by atoms with E-state index in [1.807, 2.05) is 46.8 Å². The van der Waals surface area contributed by atoms with Gasteiger partial charge >= 0.3 is 0 Å². The van der Waals surface area contributed by atoms with Crippen LogP contribution in [0.15, 0.2) is 53.3 Å². The second kappa shape index (κ2) is 7.59. The number of halogens is 1. The lowest BCUT2D eigenvalue weighted by atomic mass is 10.0. The molecule has 5 nitrogen and oxygen atoms in total. The van der Waals surface area contributed by atoms with E-state index in [2.05, 4.69) is 46.9 Å². The van der Waals surface area contributed by atoms with Crippen LogP contribution in [0.3, 0.4) is 0 Å². The van der Waals surface area contributed by atoms with Gasteiger partial charge in [-0.05, 0) is 31.5 Å². The summed E-state index contributed by atoms with van der Waals surface area (Å²) in [6, 6.07) is 14.2. The maximum absolute atomic E-state index is 12.7. The van der Waals surface area contributed by atoms with Crippen molar-refractivity contribution in [2.45, 2.75) is 32.4 Å². The summed E-state index contributed by atoms with van der Waals surface area (Å²) in [5.41, 5.74) is 3.02. The van der Waals surface area contributed by atoms with E-state index in [1.165, 1.54) is 0 Å². The highest BCUT2D eigenvalue weighted by Gasteiger charge is 2.37. The van der Waals surface area contributed by atoms with E-state index in [0.29, 0.717) is 13.0 Å². The molecule has 0 spiro atoms. The molecule has 1 saturated heterocycles. The molecule has 0 bridgehead atoms. The first-order valence-electron chi connectivity index (χ1n) is 9.55. The number of aromatic nitrogens is 2. The molecule has 6 heteroatoms. The molecule has 3 aromatic rings. The highest BCUT2D eigenvalue weighted by molar-refractivity contribution is 9.10. The zero-order chi connectivity index (χ0) is 19.8. The lowest BCUT2D eigenvalue weighted by Gasteiger charge is -2.26. The van der Waals surface area contributed by atoms with Crippen molar-refractivity contribution in [3.63, 3.8) is 0 Å². The first kappa shape index (κ1) is 19.0. The van der Waals surface area contributed by atoms with E-state index < -0.39 is 0 Å². The number of benzene rings is 2. The Morgan fingerprint density at radius 2 is 1.96 bits per heavy atom. The summed E-state index contributed by atoms with van der Waals surface area (Å²) in [6.45, 7) is 4.85. The highest BCUT2D eigenvalue weighted by atomic mass is 79.9. The first-order valence-corrected chi connectivity index (χ1v) is 10.3. The van der Waals surface area contributed by atoms with Gasteiger partial charge in [-0.3, -0.25) is 4.79 Å². The van der Waals surface area contributed by atoms with Crippen molar-refractivity contribution in [1.82, 2.24) is 14.5 Å². The topological polar surface area (TPSA) is 47.4 Å². The van der Waals surface area contributed by atoms with Gasteiger partial charge in [-0.2, -0.15) is 0 Å². The number of aryl methyl sites for hydroxylation is 1. The number of hydrogen-bond donors (Lipinski definition) is 0. The van der Waals surface area contributed by atoms with Gasteiger partial charge in [0.25, 0.3) is 0 Å². The van der Waals surface area contributed by atoms with Crippen molar-refractivity contribution >= 4 is 32.9 Å². The van der Waals surface area contributed by atoms with Gasteiger partial charge in [0.05, 0.1) is 17.9 Å². The average Bonchev–Trinajstić information content (AvgIpc) is 3.25. The molecule has 3 atom stereocenters. The standard InChI is InChI=1S/C22H24BrN3O2/c1-14(16-7-5-4-6-8-16)26-12-17(9-21(26)27)15(2)28-20-11-18(23)10-19-22(20)25(3)13-24-19/h4-8,10-11,13-15,17H,9,12H2,1-3H3. The number of carbonyl (C=O) groups excluding carboxylic acids is 1. The van der Waals surface area contributed by atoms with Crippen molar-refractivity contribution < 1.29 is 9.53 Å². The number of amides is 1. The van der Waals surface area contributed by atoms with E-state index in [4.69, 9.17) is 4.74 Å². The molecule has 1 aliphatic heterocycles. The lowest BCUT2D eigenvalue weighted by Crippen LogP contribution is -2.31. The number of nitrogens with zero attached hydrogens (tertiary/aromatic N) is 3.